The van der Waals surface area contributed by atoms with Gasteiger partial charge in [0, 0.05) is 49.3 Å². The molecule has 10 heteroatoms. The van der Waals surface area contributed by atoms with Crippen LogP contribution in [0.5, 0.6) is 0 Å². The van der Waals surface area contributed by atoms with E-state index in [1.165, 1.54) is 6.07 Å². The highest BCUT2D eigenvalue weighted by Gasteiger charge is 2.10. The summed E-state index contributed by atoms with van der Waals surface area (Å²) in [4.78, 5) is 23.2. The minimum atomic E-state index is -0.136. The van der Waals surface area contributed by atoms with Crippen LogP contribution in [-0.2, 0) is 13.5 Å². The summed E-state index contributed by atoms with van der Waals surface area (Å²) in [5.41, 5.74) is 2.99. The molecule has 2 N–H and O–H groups in total. The fraction of sp³-hybridized carbons (Fsp3) is 0.100. The van der Waals surface area contributed by atoms with Crippen LogP contribution in [0, 0.1) is 0 Å². The molecule has 5 aromatic heterocycles. The highest BCUT2D eigenvalue weighted by molar-refractivity contribution is 5.65. The van der Waals surface area contributed by atoms with Gasteiger partial charge in [0.05, 0.1) is 11.9 Å². The minimum Gasteiger partial charge on any atom is -0.326 e. The van der Waals surface area contributed by atoms with Crippen LogP contribution in [0.1, 0.15) is 11.5 Å². The summed E-state index contributed by atoms with van der Waals surface area (Å²) in [5.74, 6) is 2.01. The third-order valence-electron chi connectivity index (χ3n) is 4.67. The highest BCUT2D eigenvalue weighted by atomic mass is 16.1. The smallest absolute Gasteiger partial charge is 0.248 e. The maximum atomic E-state index is 11.5. The lowest BCUT2D eigenvalue weighted by Crippen LogP contribution is -2.08. The predicted octanol–water partition coefficient (Wildman–Crippen LogP) is 1.94. The zero-order valence-corrected chi connectivity index (χ0v) is 16.0. The molecule has 0 aliphatic carbocycles. The molecule has 0 saturated heterocycles. The van der Waals surface area contributed by atoms with Crippen LogP contribution < -0.4 is 10.9 Å². The molecule has 0 bridgehead atoms. The standard InChI is InChI=1S/C20H17N9O/c1-28-16(6-9-22-28)25-20-21-8-5-15(24-20)13-7-10-29-17(11-13)26-27-18(29)12-14-3-2-4-19(30)23-14/h2-11H,12H2,1H3,(H,23,30)(H,21,24,25). The van der Waals surface area contributed by atoms with E-state index >= 15 is 0 Å². The van der Waals surface area contributed by atoms with E-state index in [0.717, 1.165) is 28.6 Å². The number of pyridine rings is 2. The first-order chi connectivity index (χ1) is 14.7. The zero-order chi connectivity index (χ0) is 20.5. The maximum Gasteiger partial charge on any atom is 0.248 e. The van der Waals surface area contributed by atoms with Gasteiger partial charge in [-0.15, -0.1) is 10.2 Å². The number of hydrogen-bond donors (Lipinski definition) is 2. The molecule has 0 aromatic carbocycles. The minimum absolute atomic E-state index is 0.136. The van der Waals surface area contributed by atoms with E-state index in [1.54, 1.807) is 23.1 Å². The lowest BCUT2D eigenvalue weighted by atomic mass is 10.2. The van der Waals surface area contributed by atoms with Gasteiger partial charge in [-0.1, -0.05) is 6.07 Å². The average molecular weight is 399 g/mol. The molecule has 0 saturated carbocycles. The van der Waals surface area contributed by atoms with Gasteiger partial charge in [0.25, 0.3) is 0 Å². The molecule has 0 aliphatic heterocycles. The van der Waals surface area contributed by atoms with Crippen molar-refractivity contribution in [3.63, 3.8) is 0 Å². The van der Waals surface area contributed by atoms with Crippen molar-refractivity contribution < 1.29 is 0 Å². The first-order valence-corrected chi connectivity index (χ1v) is 9.26. The summed E-state index contributed by atoms with van der Waals surface area (Å²) >= 11 is 0. The number of hydrogen-bond acceptors (Lipinski definition) is 7. The average Bonchev–Trinajstić information content (AvgIpc) is 3.34. The highest BCUT2D eigenvalue weighted by Crippen LogP contribution is 2.21. The maximum absolute atomic E-state index is 11.5. The Labute approximate surface area is 170 Å². The third kappa shape index (κ3) is 3.41. The number of H-pyrrole nitrogens is 1. The molecule has 148 valence electrons. The summed E-state index contributed by atoms with van der Waals surface area (Å²) in [6.45, 7) is 0. The molecule has 30 heavy (non-hydrogen) atoms. The van der Waals surface area contributed by atoms with Crippen molar-refractivity contribution in [3.05, 3.63) is 82.9 Å². The molecule has 0 aliphatic rings. The summed E-state index contributed by atoms with van der Waals surface area (Å²) in [6.07, 6.45) is 5.78. The normalized spacial score (nSPS) is 11.1. The number of aromatic nitrogens is 8. The molecule has 0 radical (unpaired) electrons. The molecule has 10 nitrogen and oxygen atoms in total. The Kier molecular flexibility index (Phi) is 4.28. The largest absolute Gasteiger partial charge is 0.326 e. The van der Waals surface area contributed by atoms with E-state index in [4.69, 9.17) is 0 Å². The molecule has 0 unspecified atom stereocenters. The molecule has 0 amide bonds. The van der Waals surface area contributed by atoms with Gasteiger partial charge in [-0.2, -0.15) is 5.10 Å². The quantitative estimate of drug-likeness (QED) is 0.464. The van der Waals surface area contributed by atoms with Crippen LogP contribution in [0.25, 0.3) is 16.9 Å². The monoisotopic (exact) mass is 399 g/mol. The van der Waals surface area contributed by atoms with Gasteiger partial charge < -0.3 is 10.3 Å². The number of nitrogens with zero attached hydrogens (tertiary/aromatic N) is 7. The number of aryl methyl sites for hydroxylation is 1. The summed E-state index contributed by atoms with van der Waals surface area (Å²) in [6, 6.07) is 12.6. The fourth-order valence-corrected chi connectivity index (χ4v) is 3.18. The van der Waals surface area contributed by atoms with Crippen LogP contribution >= 0.6 is 0 Å². The SMILES string of the molecule is Cn1nccc1Nc1nccc(-c2ccn3c(Cc4cccc(=O)[nH]4)nnc3c2)n1. The molecule has 5 aromatic rings. The first-order valence-electron chi connectivity index (χ1n) is 9.26. The Morgan fingerprint density at radius 3 is 2.87 bits per heavy atom. The summed E-state index contributed by atoms with van der Waals surface area (Å²) < 4.78 is 3.60. The van der Waals surface area contributed by atoms with Crippen molar-refractivity contribution in [1.29, 1.82) is 0 Å². The van der Waals surface area contributed by atoms with Crippen molar-refractivity contribution in [2.45, 2.75) is 6.42 Å². The molecule has 0 fully saturated rings. The van der Waals surface area contributed by atoms with Crippen LogP contribution in [0.2, 0.25) is 0 Å². The molecule has 5 rings (SSSR count). The Hall–Kier alpha value is -4.34. The van der Waals surface area contributed by atoms with E-state index in [-0.39, 0.29) is 5.56 Å². The second kappa shape index (κ2) is 7.24. The number of rotatable bonds is 5. The Morgan fingerprint density at radius 1 is 1.10 bits per heavy atom. The van der Waals surface area contributed by atoms with Crippen LogP contribution in [-0.4, -0.2) is 39.3 Å². The van der Waals surface area contributed by atoms with Gasteiger partial charge >= 0.3 is 0 Å². The fourth-order valence-electron chi connectivity index (χ4n) is 3.18. The third-order valence-corrected chi connectivity index (χ3v) is 4.67. The van der Waals surface area contributed by atoms with Crippen molar-refractivity contribution in [2.24, 2.45) is 7.05 Å². The van der Waals surface area contributed by atoms with E-state index < -0.39 is 0 Å². The van der Waals surface area contributed by atoms with E-state index in [9.17, 15) is 4.79 Å². The van der Waals surface area contributed by atoms with Gasteiger partial charge in [-0.25, -0.2) is 9.97 Å². The molecule has 0 atom stereocenters. The van der Waals surface area contributed by atoms with Gasteiger partial charge in [0.15, 0.2) is 5.65 Å². The molecular weight excluding hydrogens is 382 g/mol. The molecular formula is C20H17N9O. The Balaban J connectivity index is 1.44. The Morgan fingerprint density at radius 2 is 2.03 bits per heavy atom. The van der Waals surface area contributed by atoms with E-state index in [2.05, 4.69) is 35.6 Å². The zero-order valence-electron chi connectivity index (χ0n) is 16.0. The van der Waals surface area contributed by atoms with Crippen molar-refractivity contribution in [1.82, 2.24) is 39.3 Å². The van der Waals surface area contributed by atoms with E-state index in [1.807, 2.05) is 48.0 Å². The topological polar surface area (TPSA) is 119 Å². The van der Waals surface area contributed by atoms with Gasteiger partial charge in [0.2, 0.25) is 11.5 Å². The second-order valence-electron chi connectivity index (χ2n) is 6.71. The van der Waals surface area contributed by atoms with Crippen molar-refractivity contribution >= 4 is 17.4 Å². The van der Waals surface area contributed by atoms with Crippen molar-refractivity contribution in [2.75, 3.05) is 5.32 Å². The second-order valence-corrected chi connectivity index (χ2v) is 6.71. The number of aromatic amines is 1. The summed E-state index contributed by atoms with van der Waals surface area (Å²) in [7, 11) is 1.84. The predicted molar refractivity (Wildman–Crippen MR) is 110 cm³/mol. The lowest BCUT2D eigenvalue weighted by molar-refractivity contribution is 0.775. The molecule has 0 spiro atoms. The van der Waals surface area contributed by atoms with Crippen molar-refractivity contribution in [3.8, 4) is 11.3 Å². The Bertz CT molecular complexity index is 1400. The number of fused-ring (bicyclic) bond motifs is 1. The van der Waals surface area contributed by atoms with Crippen LogP contribution in [0.4, 0.5) is 11.8 Å². The first kappa shape index (κ1) is 17.7. The lowest BCUT2D eigenvalue weighted by Gasteiger charge is -2.07. The van der Waals surface area contributed by atoms with Crippen LogP contribution in [0.15, 0.2) is 65.8 Å². The number of nitrogens with one attached hydrogen (secondary N) is 2. The summed E-state index contributed by atoms with van der Waals surface area (Å²) in [5, 5.41) is 15.8. The van der Waals surface area contributed by atoms with E-state index in [0.29, 0.717) is 18.0 Å². The number of anilines is 2. The van der Waals surface area contributed by atoms with Gasteiger partial charge in [-0.3, -0.25) is 13.9 Å². The molecule has 5 heterocycles. The van der Waals surface area contributed by atoms with Crippen LogP contribution in [0.3, 0.4) is 0 Å². The van der Waals surface area contributed by atoms with Gasteiger partial charge in [0.1, 0.15) is 11.6 Å². The van der Waals surface area contributed by atoms with Gasteiger partial charge in [-0.05, 0) is 24.3 Å².